The lowest BCUT2D eigenvalue weighted by atomic mass is 10.2. The quantitative estimate of drug-likeness (QED) is 0.387. The minimum Gasteiger partial charge on any atom is -0.309 e. The zero-order valence-electron chi connectivity index (χ0n) is 17.3. The molecule has 0 spiro atoms. The molecular weight excluding hydrogens is 458 g/mol. The number of carbonyl (C=O) groups is 1. The third-order valence-corrected chi connectivity index (χ3v) is 6.67. The molecule has 164 valence electrons. The average molecular weight is 476 g/mol. The summed E-state index contributed by atoms with van der Waals surface area (Å²) in [5.41, 5.74) is 2.29. The summed E-state index contributed by atoms with van der Waals surface area (Å²) in [5.74, 6) is 0.170. The number of hydrogen-bond acceptors (Lipinski definition) is 5. The van der Waals surface area contributed by atoms with E-state index in [0.29, 0.717) is 27.6 Å². The monoisotopic (exact) mass is 475 g/mol. The molecule has 0 aliphatic rings. The Bertz CT molecular complexity index is 1510. The molecule has 5 rings (SSSR count). The second-order valence-corrected chi connectivity index (χ2v) is 8.84. The summed E-state index contributed by atoms with van der Waals surface area (Å²) in [6.07, 6.45) is 3.01. The lowest BCUT2D eigenvalue weighted by Gasteiger charge is -2.11. The standard InChI is InChI=1S/C24H18ClN5O2S/c25-18-9-5-4-8-17(18)13-30-21(10-11-27-30)28-22(31)14-29-15-26-19-12-20(33-23(19)24(29)32)16-6-2-1-3-7-16/h1-12,15H,13-14H2,(H,28,31). The first-order valence-electron chi connectivity index (χ1n) is 10.2. The summed E-state index contributed by atoms with van der Waals surface area (Å²) in [6, 6.07) is 20.9. The number of fused-ring (bicyclic) bond motifs is 1. The predicted octanol–water partition coefficient (Wildman–Crippen LogP) is 4.66. The van der Waals surface area contributed by atoms with Crippen LogP contribution in [0.2, 0.25) is 5.02 Å². The van der Waals surface area contributed by atoms with Gasteiger partial charge in [-0.2, -0.15) is 5.10 Å². The SMILES string of the molecule is O=C(Cn1cnc2cc(-c3ccccc3)sc2c1=O)Nc1ccnn1Cc1ccccc1Cl. The van der Waals surface area contributed by atoms with E-state index in [-0.39, 0.29) is 18.0 Å². The van der Waals surface area contributed by atoms with E-state index in [1.165, 1.54) is 22.2 Å². The van der Waals surface area contributed by atoms with E-state index in [1.54, 1.807) is 16.9 Å². The molecule has 0 unspecified atom stereocenters. The molecule has 3 aromatic heterocycles. The molecule has 0 radical (unpaired) electrons. The van der Waals surface area contributed by atoms with Crippen LogP contribution in [0, 0.1) is 0 Å². The molecule has 2 aromatic carbocycles. The zero-order chi connectivity index (χ0) is 22.8. The minimum absolute atomic E-state index is 0.155. The fourth-order valence-corrected chi connectivity index (χ4v) is 4.75. The van der Waals surface area contributed by atoms with Crippen molar-refractivity contribution in [1.82, 2.24) is 19.3 Å². The Kier molecular flexibility index (Phi) is 5.77. The molecule has 5 aromatic rings. The number of aromatic nitrogens is 4. The number of anilines is 1. The maximum atomic E-state index is 13.0. The molecule has 0 aliphatic carbocycles. The molecule has 33 heavy (non-hydrogen) atoms. The van der Waals surface area contributed by atoms with E-state index >= 15 is 0 Å². The molecule has 0 aliphatic heterocycles. The van der Waals surface area contributed by atoms with Crippen molar-refractivity contribution in [2.75, 3.05) is 5.32 Å². The second kappa shape index (κ2) is 9.01. The highest BCUT2D eigenvalue weighted by molar-refractivity contribution is 7.22. The molecule has 0 atom stereocenters. The van der Waals surface area contributed by atoms with Crippen molar-refractivity contribution in [2.45, 2.75) is 13.1 Å². The smallest absolute Gasteiger partial charge is 0.271 e. The molecule has 9 heteroatoms. The number of amides is 1. The molecular formula is C24H18ClN5O2S. The number of nitrogens with one attached hydrogen (secondary N) is 1. The van der Waals surface area contributed by atoms with Gasteiger partial charge in [0.15, 0.2) is 0 Å². The van der Waals surface area contributed by atoms with Gasteiger partial charge in [0.2, 0.25) is 5.91 Å². The van der Waals surface area contributed by atoms with Crippen LogP contribution in [-0.4, -0.2) is 25.2 Å². The largest absolute Gasteiger partial charge is 0.309 e. The Morgan fingerprint density at radius 1 is 1.06 bits per heavy atom. The van der Waals surface area contributed by atoms with Gasteiger partial charge in [-0.1, -0.05) is 60.1 Å². The van der Waals surface area contributed by atoms with Crippen LogP contribution in [0.5, 0.6) is 0 Å². The summed E-state index contributed by atoms with van der Waals surface area (Å²) >= 11 is 7.61. The van der Waals surface area contributed by atoms with Crippen molar-refractivity contribution in [1.29, 1.82) is 0 Å². The fraction of sp³-hybridized carbons (Fsp3) is 0.0833. The number of halogens is 1. The number of carbonyl (C=O) groups excluding carboxylic acids is 1. The molecule has 1 amide bonds. The average Bonchev–Trinajstić information content (AvgIpc) is 3.45. The van der Waals surface area contributed by atoms with Crippen molar-refractivity contribution < 1.29 is 4.79 Å². The maximum absolute atomic E-state index is 13.0. The predicted molar refractivity (Wildman–Crippen MR) is 131 cm³/mol. The molecule has 0 fully saturated rings. The molecule has 0 saturated heterocycles. The summed E-state index contributed by atoms with van der Waals surface area (Å²) in [5, 5.41) is 7.71. The highest BCUT2D eigenvalue weighted by Crippen LogP contribution is 2.30. The van der Waals surface area contributed by atoms with Gasteiger partial charge in [0.05, 0.1) is 24.6 Å². The van der Waals surface area contributed by atoms with Gasteiger partial charge in [0.1, 0.15) is 17.1 Å². The van der Waals surface area contributed by atoms with Crippen LogP contribution in [0.3, 0.4) is 0 Å². The fourth-order valence-electron chi connectivity index (χ4n) is 3.49. The highest BCUT2D eigenvalue weighted by atomic mass is 35.5. The van der Waals surface area contributed by atoms with Gasteiger partial charge in [-0.05, 0) is 23.3 Å². The van der Waals surface area contributed by atoms with E-state index in [0.717, 1.165) is 16.0 Å². The molecule has 0 saturated carbocycles. The van der Waals surface area contributed by atoms with E-state index < -0.39 is 0 Å². The molecule has 3 heterocycles. The first-order valence-corrected chi connectivity index (χ1v) is 11.4. The van der Waals surface area contributed by atoms with Crippen LogP contribution >= 0.6 is 22.9 Å². The minimum atomic E-state index is -0.348. The topological polar surface area (TPSA) is 81.8 Å². The summed E-state index contributed by atoms with van der Waals surface area (Å²) in [6.45, 7) is 0.255. The Balaban J connectivity index is 1.34. The molecule has 7 nitrogen and oxygen atoms in total. The van der Waals surface area contributed by atoms with Gasteiger partial charge in [-0.3, -0.25) is 14.2 Å². The van der Waals surface area contributed by atoms with Gasteiger partial charge in [0.25, 0.3) is 5.56 Å². The van der Waals surface area contributed by atoms with Gasteiger partial charge in [-0.25, -0.2) is 9.67 Å². The first-order chi connectivity index (χ1) is 16.1. The summed E-state index contributed by atoms with van der Waals surface area (Å²) in [7, 11) is 0. The van der Waals surface area contributed by atoms with Crippen molar-refractivity contribution in [3.05, 3.63) is 100 Å². The molecule has 0 bridgehead atoms. The van der Waals surface area contributed by atoms with E-state index in [9.17, 15) is 9.59 Å². The summed E-state index contributed by atoms with van der Waals surface area (Å²) in [4.78, 5) is 31.0. The van der Waals surface area contributed by atoms with Crippen molar-refractivity contribution in [2.24, 2.45) is 0 Å². The number of nitrogens with zero attached hydrogens (tertiary/aromatic N) is 4. The van der Waals surface area contributed by atoms with Gasteiger partial charge in [-0.15, -0.1) is 11.3 Å². The van der Waals surface area contributed by atoms with Crippen molar-refractivity contribution in [3.63, 3.8) is 0 Å². The van der Waals surface area contributed by atoms with Crippen LogP contribution < -0.4 is 10.9 Å². The van der Waals surface area contributed by atoms with Crippen LogP contribution in [0.1, 0.15) is 5.56 Å². The lowest BCUT2D eigenvalue weighted by Crippen LogP contribution is -2.28. The number of hydrogen-bond donors (Lipinski definition) is 1. The lowest BCUT2D eigenvalue weighted by molar-refractivity contribution is -0.116. The van der Waals surface area contributed by atoms with Crippen molar-refractivity contribution in [3.8, 4) is 10.4 Å². The zero-order valence-corrected chi connectivity index (χ0v) is 18.9. The molecule has 1 N–H and O–H groups in total. The highest BCUT2D eigenvalue weighted by Gasteiger charge is 2.14. The Morgan fingerprint density at radius 3 is 2.67 bits per heavy atom. The Hall–Kier alpha value is -3.75. The van der Waals surface area contributed by atoms with Crippen LogP contribution in [0.4, 0.5) is 5.82 Å². The van der Waals surface area contributed by atoms with E-state index in [4.69, 9.17) is 11.6 Å². The maximum Gasteiger partial charge on any atom is 0.271 e. The van der Waals surface area contributed by atoms with Gasteiger partial charge < -0.3 is 5.32 Å². The number of benzene rings is 2. The Morgan fingerprint density at radius 2 is 1.85 bits per heavy atom. The first kappa shape index (κ1) is 21.1. The van der Waals surface area contributed by atoms with Crippen LogP contribution in [-0.2, 0) is 17.9 Å². The van der Waals surface area contributed by atoms with Gasteiger partial charge in [0, 0.05) is 16.0 Å². The number of rotatable bonds is 6. The van der Waals surface area contributed by atoms with Crippen LogP contribution in [0.25, 0.3) is 20.7 Å². The third-order valence-electron chi connectivity index (χ3n) is 5.14. The second-order valence-electron chi connectivity index (χ2n) is 7.38. The Labute approximate surface area is 197 Å². The normalized spacial score (nSPS) is 11.1. The number of thiophene rings is 1. The van der Waals surface area contributed by atoms with Gasteiger partial charge >= 0.3 is 0 Å². The van der Waals surface area contributed by atoms with E-state index in [1.807, 2.05) is 60.7 Å². The van der Waals surface area contributed by atoms with Crippen LogP contribution in [0.15, 0.2) is 84.0 Å². The third kappa shape index (κ3) is 4.44. The summed E-state index contributed by atoms with van der Waals surface area (Å²) < 4.78 is 3.49. The van der Waals surface area contributed by atoms with Crippen molar-refractivity contribution >= 4 is 44.9 Å². The van der Waals surface area contributed by atoms with E-state index in [2.05, 4.69) is 15.4 Å².